The van der Waals surface area contributed by atoms with Crippen LogP contribution in [0.5, 0.6) is 0 Å². The lowest BCUT2D eigenvalue weighted by atomic mass is 10.1. The van der Waals surface area contributed by atoms with Gasteiger partial charge in [-0.15, -0.1) is 0 Å². The number of aliphatic hydroxyl groups excluding tert-OH is 1. The fourth-order valence-electron chi connectivity index (χ4n) is 2.83. The summed E-state index contributed by atoms with van der Waals surface area (Å²) in [6.07, 6.45) is 9.19. The number of hydrogen-bond donors (Lipinski definition) is 3. The normalized spacial score (nSPS) is 33.7. The second-order valence-electron chi connectivity index (χ2n) is 5.44. The molecule has 4 unspecified atom stereocenters. The minimum atomic E-state index is -0.881. The highest BCUT2D eigenvalue weighted by Gasteiger charge is 2.29. The lowest BCUT2D eigenvalue weighted by Crippen LogP contribution is -2.47. The quantitative estimate of drug-likeness (QED) is 0.639. The van der Waals surface area contributed by atoms with Crippen LogP contribution < -0.4 is 10.6 Å². The van der Waals surface area contributed by atoms with Gasteiger partial charge >= 0.3 is 0 Å². The molecule has 0 radical (unpaired) electrons. The van der Waals surface area contributed by atoms with Crippen LogP contribution in [0.1, 0.15) is 6.42 Å². The third-order valence-corrected chi connectivity index (χ3v) is 3.94. The Kier molecular flexibility index (Phi) is 3.63. The average Bonchev–Trinajstić information content (AvgIpc) is 3.14. The Hall–Kier alpha value is -1.80. The van der Waals surface area contributed by atoms with Gasteiger partial charge in [0.1, 0.15) is 24.8 Å². The summed E-state index contributed by atoms with van der Waals surface area (Å²) in [7, 11) is 0. The van der Waals surface area contributed by atoms with E-state index in [4.69, 9.17) is 18.9 Å². The van der Waals surface area contributed by atoms with Gasteiger partial charge in [0.25, 0.3) is 0 Å². The fourth-order valence-corrected chi connectivity index (χ4v) is 2.83. The summed E-state index contributed by atoms with van der Waals surface area (Å²) in [5.41, 5.74) is 0.798. The Labute approximate surface area is 127 Å². The van der Waals surface area contributed by atoms with E-state index >= 15 is 0 Å². The molecule has 22 heavy (non-hydrogen) atoms. The molecule has 0 spiro atoms. The Balaban J connectivity index is 1.31. The zero-order valence-corrected chi connectivity index (χ0v) is 11.9. The van der Waals surface area contributed by atoms with Gasteiger partial charge in [-0.1, -0.05) is 12.2 Å². The third kappa shape index (κ3) is 2.76. The second-order valence-corrected chi connectivity index (χ2v) is 5.44. The molecule has 0 aromatic carbocycles. The van der Waals surface area contributed by atoms with E-state index in [1.807, 2.05) is 30.4 Å². The number of hydrogen-bond acceptors (Lipinski definition) is 7. The van der Waals surface area contributed by atoms with Crippen LogP contribution >= 0.6 is 0 Å². The Morgan fingerprint density at radius 3 is 2.95 bits per heavy atom. The molecule has 4 rings (SSSR count). The molecule has 2 aliphatic carbocycles. The van der Waals surface area contributed by atoms with Crippen LogP contribution in [0.25, 0.3) is 0 Å². The summed E-state index contributed by atoms with van der Waals surface area (Å²) in [6, 6.07) is -0.0186. The molecule has 0 saturated carbocycles. The Morgan fingerprint density at radius 1 is 1.09 bits per heavy atom. The maximum Gasteiger partial charge on any atom is 0.230 e. The number of nitrogens with one attached hydrogen (secondary N) is 2. The van der Waals surface area contributed by atoms with Crippen LogP contribution in [0.4, 0.5) is 0 Å². The number of fused-ring (bicyclic) bond motifs is 1. The van der Waals surface area contributed by atoms with E-state index in [0.29, 0.717) is 13.2 Å². The molecule has 0 aromatic rings. The van der Waals surface area contributed by atoms with Crippen molar-refractivity contribution in [3.05, 3.63) is 47.6 Å². The van der Waals surface area contributed by atoms with Crippen LogP contribution in [0.3, 0.4) is 0 Å². The molecule has 0 amide bonds. The SMILES string of the molecule is OC(NC1=CC2OCOC2C=C1)NC1C=CC2=C(C1)OCO2. The van der Waals surface area contributed by atoms with Gasteiger partial charge in [-0.25, -0.2) is 0 Å². The molecule has 1 saturated heterocycles. The molecule has 4 atom stereocenters. The summed E-state index contributed by atoms with van der Waals surface area (Å²) >= 11 is 0. The van der Waals surface area contributed by atoms with E-state index in [1.54, 1.807) is 0 Å². The molecule has 3 N–H and O–H groups in total. The van der Waals surface area contributed by atoms with Crippen LogP contribution in [0.2, 0.25) is 0 Å². The molecule has 7 heteroatoms. The van der Waals surface area contributed by atoms with Crippen molar-refractivity contribution < 1.29 is 24.1 Å². The Bertz CT molecular complexity index is 568. The minimum Gasteiger partial charge on any atom is -0.458 e. The summed E-state index contributed by atoms with van der Waals surface area (Å²) < 4.78 is 21.5. The average molecular weight is 306 g/mol. The van der Waals surface area contributed by atoms with Crippen molar-refractivity contribution in [2.75, 3.05) is 13.6 Å². The number of rotatable bonds is 4. The van der Waals surface area contributed by atoms with Gasteiger partial charge in [0.2, 0.25) is 6.79 Å². The van der Waals surface area contributed by atoms with E-state index in [0.717, 1.165) is 17.2 Å². The van der Waals surface area contributed by atoms with Crippen molar-refractivity contribution >= 4 is 0 Å². The summed E-state index contributed by atoms with van der Waals surface area (Å²) in [6.45, 7) is 0.571. The van der Waals surface area contributed by atoms with Crippen molar-refractivity contribution in [3.8, 4) is 0 Å². The molecule has 118 valence electrons. The van der Waals surface area contributed by atoms with Crippen LogP contribution in [0.15, 0.2) is 47.6 Å². The van der Waals surface area contributed by atoms with E-state index < -0.39 is 6.35 Å². The molecule has 4 aliphatic rings. The van der Waals surface area contributed by atoms with Gasteiger partial charge in [-0.05, 0) is 18.2 Å². The highest BCUT2D eigenvalue weighted by atomic mass is 16.7. The largest absolute Gasteiger partial charge is 0.458 e. The van der Waals surface area contributed by atoms with E-state index in [9.17, 15) is 5.11 Å². The lowest BCUT2D eigenvalue weighted by Gasteiger charge is -2.25. The summed E-state index contributed by atoms with van der Waals surface area (Å²) in [5, 5.41) is 16.2. The molecule has 1 fully saturated rings. The minimum absolute atomic E-state index is 0.0186. The maximum atomic E-state index is 10.1. The van der Waals surface area contributed by atoms with E-state index in [1.165, 1.54) is 0 Å². The van der Waals surface area contributed by atoms with Gasteiger partial charge in [-0.3, -0.25) is 5.32 Å². The predicted octanol–water partition coefficient (Wildman–Crippen LogP) is 0.181. The topological polar surface area (TPSA) is 81.2 Å². The second kappa shape index (κ2) is 5.77. The summed E-state index contributed by atoms with van der Waals surface area (Å²) in [4.78, 5) is 0. The molecule has 2 heterocycles. The molecular formula is C15H18N2O5. The highest BCUT2D eigenvalue weighted by Crippen LogP contribution is 2.26. The molecule has 0 aromatic heterocycles. The first-order valence-electron chi connectivity index (χ1n) is 7.29. The molecule has 7 nitrogen and oxygen atoms in total. The highest BCUT2D eigenvalue weighted by molar-refractivity contribution is 5.28. The van der Waals surface area contributed by atoms with Crippen LogP contribution in [0, 0.1) is 0 Å². The first-order valence-corrected chi connectivity index (χ1v) is 7.29. The van der Waals surface area contributed by atoms with Crippen molar-refractivity contribution in [1.82, 2.24) is 10.6 Å². The molecular weight excluding hydrogens is 288 g/mol. The lowest BCUT2D eigenvalue weighted by molar-refractivity contribution is 0.0502. The summed E-state index contributed by atoms with van der Waals surface area (Å²) in [5.74, 6) is 1.60. The van der Waals surface area contributed by atoms with Crippen LogP contribution in [-0.4, -0.2) is 43.3 Å². The third-order valence-electron chi connectivity index (χ3n) is 3.94. The van der Waals surface area contributed by atoms with Crippen molar-refractivity contribution in [1.29, 1.82) is 0 Å². The predicted molar refractivity (Wildman–Crippen MR) is 75.7 cm³/mol. The fraction of sp³-hybridized carbons (Fsp3) is 0.467. The smallest absolute Gasteiger partial charge is 0.230 e. The van der Waals surface area contributed by atoms with Gasteiger partial charge in [-0.2, -0.15) is 0 Å². The van der Waals surface area contributed by atoms with Gasteiger partial charge in [0, 0.05) is 18.2 Å². The van der Waals surface area contributed by atoms with Crippen molar-refractivity contribution in [3.63, 3.8) is 0 Å². The zero-order valence-electron chi connectivity index (χ0n) is 11.9. The zero-order chi connectivity index (χ0) is 14.9. The number of ether oxygens (including phenoxy) is 4. The first-order chi connectivity index (χ1) is 10.8. The Morgan fingerprint density at radius 2 is 2.00 bits per heavy atom. The maximum absolute atomic E-state index is 10.1. The van der Waals surface area contributed by atoms with E-state index in [-0.39, 0.29) is 25.0 Å². The van der Waals surface area contributed by atoms with Gasteiger partial charge in [0.15, 0.2) is 12.1 Å². The van der Waals surface area contributed by atoms with Crippen molar-refractivity contribution in [2.24, 2.45) is 0 Å². The van der Waals surface area contributed by atoms with E-state index in [2.05, 4.69) is 10.6 Å². The molecule has 2 aliphatic heterocycles. The molecule has 0 bridgehead atoms. The van der Waals surface area contributed by atoms with Crippen LogP contribution in [-0.2, 0) is 18.9 Å². The number of allylic oxidation sites excluding steroid dienone is 2. The monoisotopic (exact) mass is 306 g/mol. The van der Waals surface area contributed by atoms with Gasteiger partial charge in [0.05, 0.1) is 0 Å². The van der Waals surface area contributed by atoms with Crippen molar-refractivity contribution in [2.45, 2.75) is 31.0 Å². The first kappa shape index (κ1) is 13.8. The van der Waals surface area contributed by atoms with Gasteiger partial charge < -0.3 is 29.4 Å². The number of aliphatic hydroxyl groups is 1. The standard InChI is InChI=1S/C15H18N2O5/c18-15(16-9-1-3-11-13(5-9)21-7-19-11)17-10-2-4-12-14(6-10)22-8-20-12/h1-5,10-11,13,15-18H,6-8H2.